The molecule has 1 unspecified atom stereocenters. The SMILES string of the molecule is C=CC(=O)N1c2ccccc2C[C@H]1/C=N\C(C)OC. The summed E-state index contributed by atoms with van der Waals surface area (Å²) in [7, 11) is 1.61. The van der Waals surface area contributed by atoms with Gasteiger partial charge >= 0.3 is 0 Å². The standard InChI is InChI=1S/C15H18N2O2/c1-4-15(18)17-13(10-16-11(2)19-3)9-12-7-5-6-8-14(12)17/h4-8,10-11,13H,1,9H2,2-3H3/b16-10-/t11?,13-/m0/s1. The average Bonchev–Trinajstić information content (AvgIpc) is 2.82. The summed E-state index contributed by atoms with van der Waals surface area (Å²) < 4.78 is 5.09. The molecule has 2 rings (SSSR count). The smallest absolute Gasteiger partial charge is 0.251 e. The van der Waals surface area contributed by atoms with Crippen LogP contribution in [0.1, 0.15) is 12.5 Å². The predicted molar refractivity (Wildman–Crippen MR) is 76.6 cm³/mol. The zero-order valence-corrected chi connectivity index (χ0v) is 11.2. The van der Waals surface area contributed by atoms with Gasteiger partial charge in [0.15, 0.2) is 0 Å². The Hall–Kier alpha value is -1.94. The molecule has 2 atom stereocenters. The molecule has 1 heterocycles. The first-order chi connectivity index (χ1) is 9.17. The molecule has 0 radical (unpaired) electrons. The molecule has 4 nitrogen and oxygen atoms in total. The number of carbonyl (C=O) groups excluding carboxylic acids is 1. The number of benzene rings is 1. The normalized spacial score (nSPS) is 19.5. The molecule has 1 aromatic carbocycles. The second-order valence-corrected chi connectivity index (χ2v) is 4.45. The van der Waals surface area contributed by atoms with E-state index >= 15 is 0 Å². The van der Waals surface area contributed by atoms with E-state index in [0.29, 0.717) is 0 Å². The van der Waals surface area contributed by atoms with Crippen molar-refractivity contribution >= 4 is 17.8 Å². The van der Waals surface area contributed by atoms with Gasteiger partial charge in [0.25, 0.3) is 5.91 Å². The summed E-state index contributed by atoms with van der Waals surface area (Å²) in [6, 6.07) is 7.82. The lowest BCUT2D eigenvalue weighted by molar-refractivity contribution is -0.114. The Morgan fingerprint density at radius 2 is 2.32 bits per heavy atom. The van der Waals surface area contributed by atoms with Crippen LogP contribution in [0, 0.1) is 0 Å². The first-order valence-electron chi connectivity index (χ1n) is 6.27. The van der Waals surface area contributed by atoms with Gasteiger partial charge in [0, 0.05) is 25.4 Å². The Morgan fingerprint density at radius 3 is 3.00 bits per heavy atom. The summed E-state index contributed by atoms with van der Waals surface area (Å²) in [5.41, 5.74) is 2.09. The fourth-order valence-electron chi connectivity index (χ4n) is 2.19. The number of anilines is 1. The lowest BCUT2D eigenvalue weighted by atomic mass is 10.1. The van der Waals surface area contributed by atoms with Crippen LogP contribution in [0.4, 0.5) is 5.69 Å². The summed E-state index contributed by atoms with van der Waals surface area (Å²) in [6.45, 7) is 5.42. The number of fused-ring (bicyclic) bond motifs is 1. The minimum atomic E-state index is -0.204. The van der Waals surface area contributed by atoms with E-state index in [1.54, 1.807) is 18.2 Å². The molecule has 0 N–H and O–H groups in total. The van der Waals surface area contributed by atoms with Gasteiger partial charge in [0.2, 0.25) is 0 Å². The maximum Gasteiger partial charge on any atom is 0.251 e. The maximum atomic E-state index is 12.0. The van der Waals surface area contributed by atoms with Crippen molar-refractivity contribution in [3.05, 3.63) is 42.5 Å². The number of carbonyl (C=O) groups is 1. The fraction of sp³-hybridized carbons (Fsp3) is 0.333. The van der Waals surface area contributed by atoms with E-state index in [-0.39, 0.29) is 18.2 Å². The molecule has 1 amide bonds. The Kier molecular flexibility index (Phi) is 4.12. The fourth-order valence-corrected chi connectivity index (χ4v) is 2.19. The Labute approximate surface area is 113 Å². The van der Waals surface area contributed by atoms with E-state index in [0.717, 1.165) is 17.7 Å². The zero-order valence-electron chi connectivity index (χ0n) is 11.2. The zero-order chi connectivity index (χ0) is 13.8. The molecular formula is C15H18N2O2. The van der Waals surface area contributed by atoms with Gasteiger partial charge < -0.3 is 4.74 Å². The minimum absolute atomic E-state index is 0.0690. The molecular weight excluding hydrogens is 240 g/mol. The number of aliphatic imine (C=N–C) groups is 1. The lowest BCUT2D eigenvalue weighted by Crippen LogP contribution is -2.37. The summed E-state index contributed by atoms with van der Waals surface area (Å²) in [5, 5.41) is 0. The molecule has 1 aliphatic rings. The van der Waals surface area contributed by atoms with E-state index in [2.05, 4.69) is 11.6 Å². The molecule has 1 aliphatic heterocycles. The van der Waals surface area contributed by atoms with Crippen molar-refractivity contribution < 1.29 is 9.53 Å². The van der Waals surface area contributed by atoms with Crippen LogP contribution in [-0.4, -0.2) is 31.5 Å². The topological polar surface area (TPSA) is 41.9 Å². The van der Waals surface area contributed by atoms with E-state index in [1.807, 2.05) is 31.2 Å². The number of hydrogen-bond acceptors (Lipinski definition) is 3. The van der Waals surface area contributed by atoms with Gasteiger partial charge in [-0.25, -0.2) is 0 Å². The number of rotatable bonds is 4. The lowest BCUT2D eigenvalue weighted by Gasteiger charge is -2.21. The third-order valence-electron chi connectivity index (χ3n) is 3.23. The van der Waals surface area contributed by atoms with Gasteiger partial charge in [-0.05, 0) is 24.6 Å². The van der Waals surface area contributed by atoms with Crippen molar-refractivity contribution in [2.75, 3.05) is 12.0 Å². The summed E-state index contributed by atoms with van der Waals surface area (Å²) in [5.74, 6) is -0.105. The van der Waals surface area contributed by atoms with Gasteiger partial charge in [-0.2, -0.15) is 0 Å². The van der Waals surface area contributed by atoms with Gasteiger partial charge in [0.05, 0.1) is 6.04 Å². The quantitative estimate of drug-likeness (QED) is 0.613. The molecule has 1 aromatic rings. The molecule has 0 aliphatic carbocycles. The Morgan fingerprint density at radius 1 is 1.58 bits per heavy atom. The number of hydrogen-bond donors (Lipinski definition) is 0. The monoisotopic (exact) mass is 258 g/mol. The number of amides is 1. The van der Waals surface area contributed by atoms with Gasteiger partial charge in [0.1, 0.15) is 6.23 Å². The van der Waals surface area contributed by atoms with Crippen molar-refractivity contribution in [1.82, 2.24) is 0 Å². The number of ether oxygens (including phenoxy) is 1. The summed E-state index contributed by atoms with van der Waals surface area (Å²) >= 11 is 0. The van der Waals surface area contributed by atoms with Gasteiger partial charge in [-0.3, -0.25) is 14.7 Å². The van der Waals surface area contributed by atoms with Crippen LogP contribution in [0.5, 0.6) is 0 Å². The second kappa shape index (κ2) is 5.80. The predicted octanol–water partition coefficient (Wildman–Crippen LogP) is 2.19. The van der Waals surface area contributed by atoms with Crippen molar-refractivity contribution in [2.45, 2.75) is 25.6 Å². The van der Waals surface area contributed by atoms with E-state index < -0.39 is 0 Å². The van der Waals surface area contributed by atoms with E-state index in [4.69, 9.17) is 4.74 Å². The molecule has 19 heavy (non-hydrogen) atoms. The first-order valence-corrected chi connectivity index (χ1v) is 6.27. The van der Waals surface area contributed by atoms with Crippen LogP contribution in [0.15, 0.2) is 41.9 Å². The highest BCUT2D eigenvalue weighted by Gasteiger charge is 2.31. The van der Waals surface area contributed by atoms with Crippen molar-refractivity contribution in [3.8, 4) is 0 Å². The van der Waals surface area contributed by atoms with Crippen LogP contribution < -0.4 is 4.90 Å². The van der Waals surface area contributed by atoms with Gasteiger partial charge in [-0.1, -0.05) is 24.8 Å². The van der Waals surface area contributed by atoms with Crippen LogP contribution >= 0.6 is 0 Å². The van der Waals surface area contributed by atoms with Crippen LogP contribution in [0.25, 0.3) is 0 Å². The molecule has 4 heteroatoms. The van der Waals surface area contributed by atoms with Crippen molar-refractivity contribution in [1.29, 1.82) is 0 Å². The minimum Gasteiger partial charge on any atom is -0.360 e. The number of para-hydroxylation sites is 1. The van der Waals surface area contributed by atoms with Crippen molar-refractivity contribution in [2.24, 2.45) is 4.99 Å². The van der Waals surface area contributed by atoms with E-state index in [1.165, 1.54) is 6.08 Å². The summed E-state index contributed by atoms with van der Waals surface area (Å²) in [4.78, 5) is 18.0. The number of methoxy groups -OCH3 is 1. The Bertz CT molecular complexity index is 511. The number of nitrogens with zero attached hydrogens (tertiary/aromatic N) is 2. The largest absolute Gasteiger partial charge is 0.360 e. The average molecular weight is 258 g/mol. The maximum absolute atomic E-state index is 12.0. The van der Waals surface area contributed by atoms with Crippen molar-refractivity contribution in [3.63, 3.8) is 0 Å². The highest BCUT2D eigenvalue weighted by Crippen LogP contribution is 2.31. The first kappa shape index (κ1) is 13.5. The third kappa shape index (κ3) is 2.74. The highest BCUT2D eigenvalue weighted by molar-refractivity contribution is 6.06. The molecule has 0 fully saturated rings. The van der Waals surface area contributed by atoms with Gasteiger partial charge in [-0.15, -0.1) is 0 Å². The van der Waals surface area contributed by atoms with Crippen LogP contribution in [0.3, 0.4) is 0 Å². The molecule has 0 saturated heterocycles. The second-order valence-electron chi connectivity index (χ2n) is 4.45. The van der Waals surface area contributed by atoms with Crippen LogP contribution in [0.2, 0.25) is 0 Å². The molecule has 0 aromatic heterocycles. The molecule has 0 spiro atoms. The molecule has 0 saturated carbocycles. The molecule has 0 bridgehead atoms. The Balaban J connectivity index is 2.28. The molecule has 100 valence electrons. The van der Waals surface area contributed by atoms with E-state index in [9.17, 15) is 4.79 Å². The van der Waals surface area contributed by atoms with Crippen LogP contribution in [-0.2, 0) is 16.0 Å². The highest BCUT2D eigenvalue weighted by atomic mass is 16.5. The third-order valence-corrected chi connectivity index (χ3v) is 3.23. The summed E-state index contributed by atoms with van der Waals surface area (Å²) in [6.07, 6.45) is 3.69.